The zero-order valence-corrected chi connectivity index (χ0v) is 12.4. The number of hydrogen-bond acceptors (Lipinski definition) is 2. The smallest absolute Gasteiger partial charge is 0.426 e. The minimum atomic E-state index is -4.55. The molecule has 0 aliphatic rings. The largest absolute Gasteiger partial charge is 0.497 e. The lowest BCUT2D eigenvalue weighted by molar-refractivity contribution is -0.203. The number of hydrogen-bond donors (Lipinski definition) is 0. The summed E-state index contributed by atoms with van der Waals surface area (Å²) < 4.78 is 48.9. The van der Waals surface area contributed by atoms with Gasteiger partial charge < -0.3 is 9.47 Å². The van der Waals surface area contributed by atoms with Crippen LogP contribution in [-0.2, 0) is 11.3 Å². The van der Waals surface area contributed by atoms with Crippen LogP contribution in [0.5, 0.6) is 5.75 Å². The number of alkyl halides is 3. The van der Waals surface area contributed by atoms with E-state index in [2.05, 4.69) is 11.8 Å². The third-order valence-corrected chi connectivity index (χ3v) is 2.99. The molecule has 23 heavy (non-hydrogen) atoms. The molecule has 2 aromatic rings. The van der Waals surface area contributed by atoms with Gasteiger partial charge in [0.2, 0.25) is 6.10 Å². The first-order valence-electron chi connectivity index (χ1n) is 6.87. The fraction of sp³-hybridized carbons (Fsp3) is 0.222. The van der Waals surface area contributed by atoms with Crippen LogP contribution in [0, 0.1) is 11.8 Å². The summed E-state index contributed by atoms with van der Waals surface area (Å²) in [6.45, 7) is -0.150. The Labute approximate surface area is 132 Å². The van der Waals surface area contributed by atoms with E-state index in [0.29, 0.717) is 16.9 Å². The van der Waals surface area contributed by atoms with Crippen LogP contribution in [0.25, 0.3) is 0 Å². The number of ether oxygens (including phenoxy) is 2. The van der Waals surface area contributed by atoms with Crippen molar-refractivity contribution in [3.05, 3.63) is 65.7 Å². The van der Waals surface area contributed by atoms with Gasteiger partial charge in [0.15, 0.2) is 0 Å². The van der Waals surface area contributed by atoms with Gasteiger partial charge in [-0.15, -0.1) is 0 Å². The lowest BCUT2D eigenvalue weighted by Gasteiger charge is -2.15. The van der Waals surface area contributed by atoms with Gasteiger partial charge >= 0.3 is 6.18 Å². The highest BCUT2D eigenvalue weighted by atomic mass is 19.4. The molecule has 0 aromatic heterocycles. The fourth-order valence-corrected chi connectivity index (χ4v) is 1.80. The van der Waals surface area contributed by atoms with Crippen LogP contribution in [0.4, 0.5) is 13.2 Å². The molecule has 0 aliphatic heterocycles. The van der Waals surface area contributed by atoms with Crippen LogP contribution in [0.2, 0.25) is 0 Å². The molecular weight excluding hydrogens is 305 g/mol. The fourth-order valence-electron chi connectivity index (χ4n) is 1.80. The third kappa shape index (κ3) is 5.35. The molecule has 0 aliphatic carbocycles. The topological polar surface area (TPSA) is 18.5 Å². The standard InChI is InChI=1S/C18H15F3O2/c1-22-16-10-7-14(8-11-16)9-12-17(18(19,20)21)23-13-15-5-3-2-4-6-15/h2-8,10-11,17H,13H2,1H3/t17-/m1/s1. The third-order valence-electron chi connectivity index (χ3n) is 2.99. The van der Waals surface area contributed by atoms with Gasteiger partial charge in [-0.1, -0.05) is 42.2 Å². The van der Waals surface area contributed by atoms with E-state index < -0.39 is 12.3 Å². The zero-order valence-electron chi connectivity index (χ0n) is 12.4. The minimum Gasteiger partial charge on any atom is -0.497 e. The van der Waals surface area contributed by atoms with Crippen LogP contribution < -0.4 is 4.74 Å². The summed E-state index contributed by atoms with van der Waals surface area (Å²) in [6.07, 6.45) is -6.68. The molecule has 0 amide bonds. The molecule has 0 saturated heterocycles. The van der Waals surface area contributed by atoms with E-state index in [1.807, 2.05) is 0 Å². The number of halogens is 3. The zero-order chi connectivity index (χ0) is 16.7. The van der Waals surface area contributed by atoms with Crippen molar-refractivity contribution in [1.82, 2.24) is 0 Å². The van der Waals surface area contributed by atoms with Crippen molar-refractivity contribution in [2.45, 2.75) is 18.9 Å². The highest BCUT2D eigenvalue weighted by Gasteiger charge is 2.39. The van der Waals surface area contributed by atoms with Gasteiger partial charge in [0.05, 0.1) is 13.7 Å². The Morgan fingerprint density at radius 3 is 2.22 bits per heavy atom. The van der Waals surface area contributed by atoms with Crippen molar-refractivity contribution < 1.29 is 22.6 Å². The summed E-state index contributed by atoms with van der Waals surface area (Å²) in [5.74, 6) is 5.25. The molecule has 2 rings (SSSR count). The van der Waals surface area contributed by atoms with Gasteiger partial charge in [-0.05, 0) is 29.8 Å². The Morgan fingerprint density at radius 1 is 1.00 bits per heavy atom. The second-order valence-electron chi connectivity index (χ2n) is 4.72. The molecule has 0 fully saturated rings. The van der Waals surface area contributed by atoms with Gasteiger partial charge in [0, 0.05) is 5.56 Å². The molecule has 1 atom stereocenters. The van der Waals surface area contributed by atoms with Crippen LogP contribution in [0.1, 0.15) is 11.1 Å². The SMILES string of the molecule is COc1ccc(C#C[C@@H](OCc2ccccc2)C(F)(F)F)cc1. The van der Waals surface area contributed by atoms with Crippen LogP contribution in [0.15, 0.2) is 54.6 Å². The lowest BCUT2D eigenvalue weighted by atomic mass is 10.2. The highest BCUT2D eigenvalue weighted by Crippen LogP contribution is 2.23. The van der Waals surface area contributed by atoms with E-state index in [4.69, 9.17) is 9.47 Å². The molecule has 0 unspecified atom stereocenters. The Hall–Kier alpha value is -2.45. The molecule has 0 saturated carbocycles. The monoisotopic (exact) mass is 320 g/mol. The van der Waals surface area contributed by atoms with E-state index in [-0.39, 0.29) is 6.61 Å². The maximum atomic E-state index is 13.0. The van der Waals surface area contributed by atoms with E-state index in [9.17, 15) is 13.2 Å². The summed E-state index contributed by atoms with van der Waals surface area (Å²) in [6, 6.07) is 15.1. The molecule has 0 heterocycles. The van der Waals surface area contributed by atoms with Crippen molar-refractivity contribution in [1.29, 1.82) is 0 Å². The molecule has 2 aromatic carbocycles. The van der Waals surface area contributed by atoms with Gasteiger partial charge in [0.1, 0.15) is 5.75 Å². The molecule has 120 valence electrons. The van der Waals surface area contributed by atoms with E-state index >= 15 is 0 Å². The average Bonchev–Trinajstić information content (AvgIpc) is 2.55. The van der Waals surface area contributed by atoms with E-state index in [0.717, 1.165) is 0 Å². The maximum absolute atomic E-state index is 13.0. The average molecular weight is 320 g/mol. The first-order valence-corrected chi connectivity index (χ1v) is 6.87. The quantitative estimate of drug-likeness (QED) is 0.786. The normalized spacial score (nSPS) is 12.2. The lowest BCUT2D eigenvalue weighted by Crippen LogP contribution is -2.30. The Balaban J connectivity index is 2.08. The summed E-state index contributed by atoms with van der Waals surface area (Å²) in [5.41, 5.74) is 1.12. The van der Waals surface area contributed by atoms with E-state index in [1.54, 1.807) is 54.6 Å². The van der Waals surface area contributed by atoms with Gasteiger partial charge in [-0.2, -0.15) is 13.2 Å². The number of benzene rings is 2. The Morgan fingerprint density at radius 2 is 1.65 bits per heavy atom. The van der Waals surface area contributed by atoms with Crippen LogP contribution in [-0.4, -0.2) is 19.4 Å². The van der Waals surface area contributed by atoms with Crippen molar-refractivity contribution in [2.24, 2.45) is 0 Å². The van der Waals surface area contributed by atoms with Crippen molar-refractivity contribution in [2.75, 3.05) is 7.11 Å². The van der Waals surface area contributed by atoms with E-state index in [1.165, 1.54) is 7.11 Å². The van der Waals surface area contributed by atoms with Crippen molar-refractivity contribution >= 4 is 0 Å². The highest BCUT2D eigenvalue weighted by molar-refractivity contribution is 5.39. The predicted molar refractivity (Wildman–Crippen MR) is 80.9 cm³/mol. The molecular formula is C18H15F3O2. The second-order valence-corrected chi connectivity index (χ2v) is 4.72. The first kappa shape index (κ1) is 16.9. The van der Waals surface area contributed by atoms with Crippen LogP contribution in [0.3, 0.4) is 0 Å². The summed E-state index contributed by atoms with van der Waals surface area (Å²) in [5, 5.41) is 0. The molecule has 0 N–H and O–H groups in total. The summed E-state index contributed by atoms with van der Waals surface area (Å²) in [7, 11) is 1.51. The summed E-state index contributed by atoms with van der Waals surface area (Å²) in [4.78, 5) is 0. The maximum Gasteiger partial charge on any atom is 0.426 e. The number of methoxy groups -OCH3 is 1. The summed E-state index contributed by atoms with van der Waals surface area (Å²) >= 11 is 0. The Bertz CT molecular complexity index is 667. The van der Waals surface area contributed by atoms with Crippen molar-refractivity contribution in [3.63, 3.8) is 0 Å². The molecule has 2 nitrogen and oxygen atoms in total. The first-order chi connectivity index (χ1) is 11.0. The molecule has 0 spiro atoms. The van der Waals surface area contributed by atoms with Gasteiger partial charge in [0.25, 0.3) is 0 Å². The number of rotatable bonds is 4. The Kier molecular flexibility index (Phi) is 5.67. The van der Waals surface area contributed by atoms with Gasteiger partial charge in [-0.3, -0.25) is 0 Å². The molecule has 5 heteroatoms. The molecule has 0 radical (unpaired) electrons. The predicted octanol–water partition coefficient (Wildman–Crippen LogP) is 4.19. The van der Waals surface area contributed by atoms with Gasteiger partial charge in [-0.25, -0.2) is 0 Å². The minimum absolute atomic E-state index is 0.150. The van der Waals surface area contributed by atoms with Crippen LogP contribution >= 0.6 is 0 Å². The second kappa shape index (κ2) is 7.70. The van der Waals surface area contributed by atoms with Crippen molar-refractivity contribution in [3.8, 4) is 17.6 Å². The molecule has 0 bridgehead atoms.